The van der Waals surface area contributed by atoms with Crippen LogP contribution in [0.15, 0.2) is 42.9 Å². The lowest BCUT2D eigenvalue weighted by molar-refractivity contribution is 0.0506. The van der Waals surface area contributed by atoms with Gasteiger partial charge in [0.15, 0.2) is 11.6 Å². The van der Waals surface area contributed by atoms with Gasteiger partial charge in [-0.05, 0) is 57.0 Å². The molecule has 0 bridgehead atoms. The van der Waals surface area contributed by atoms with Crippen molar-refractivity contribution in [3.05, 3.63) is 70.7 Å². The third kappa shape index (κ3) is 5.23. The molecule has 3 rings (SSSR count). The van der Waals surface area contributed by atoms with Crippen LogP contribution in [-0.4, -0.2) is 40.0 Å². The van der Waals surface area contributed by atoms with Gasteiger partial charge in [0.1, 0.15) is 0 Å². The van der Waals surface area contributed by atoms with E-state index in [1.807, 2.05) is 6.92 Å². The topological polar surface area (TPSA) is 118 Å². The van der Waals surface area contributed by atoms with Crippen LogP contribution in [0, 0.1) is 6.92 Å². The summed E-state index contributed by atoms with van der Waals surface area (Å²) in [6.07, 6.45) is 3.79. The Kier molecular flexibility index (Phi) is 7.17. The second kappa shape index (κ2) is 10.0. The van der Waals surface area contributed by atoms with Gasteiger partial charge in [0.25, 0.3) is 5.91 Å². The summed E-state index contributed by atoms with van der Waals surface area (Å²) in [7, 11) is 0. The zero-order chi connectivity index (χ0) is 24.1. The molecule has 0 fully saturated rings. The number of imidazole rings is 1. The highest BCUT2D eigenvalue weighted by atomic mass is 16.5. The van der Waals surface area contributed by atoms with Crippen LogP contribution < -0.4 is 5.32 Å². The number of benzene rings is 2. The SMILES string of the molecule is CCCOC(=O)c1cc(-c2cnc[nH]2)ccc1NC(=O)c1cc(C)c(C(C)=O)cc1C(C)=O. The minimum absolute atomic E-state index is 0.121. The summed E-state index contributed by atoms with van der Waals surface area (Å²) in [6, 6.07) is 7.89. The summed E-state index contributed by atoms with van der Waals surface area (Å²) in [5.41, 5.74) is 3.02. The smallest absolute Gasteiger partial charge is 0.340 e. The van der Waals surface area contributed by atoms with Crippen molar-refractivity contribution in [3.8, 4) is 11.3 Å². The monoisotopic (exact) mass is 447 g/mol. The third-order valence-corrected chi connectivity index (χ3v) is 5.10. The van der Waals surface area contributed by atoms with E-state index in [2.05, 4.69) is 15.3 Å². The van der Waals surface area contributed by atoms with Crippen LogP contribution in [0.5, 0.6) is 0 Å². The molecule has 0 aliphatic rings. The molecular weight excluding hydrogens is 422 g/mol. The number of anilines is 1. The van der Waals surface area contributed by atoms with Crippen molar-refractivity contribution < 1.29 is 23.9 Å². The molecule has 0 spiro atoms. The van der Waals surface area contributed by atoms with Gasteiger partial charge in [-0.25, -0.2) is 9.78 Å². The summed E-state index contributed by atoms with van der Waals surface area (Å²) in [4.78, 5) is 56.9. The lowest BCUT2D eigenvalue weighted by Crippen LogP contribution is -2.19. The standard InChI is InChI=1S/C25H25N3O5/c1-5-8-33-25(32)21-10-17(23-12-26-13-27-23)6-7-22(21)28-24(31)20-9-14(2)18(15(3)29)11-19(20)16(4)30/h6-7,9-13H,5,8H2,1-4H3,(H,26,27)(H,28,31). The van der Waals surface area contributed by atoms with Gasteiger partial charge >= 0.3 is 5.97 Å². The number of rotatable bonds is 8. The van der Waals surface area contributed by atoms with Crippen molar-refractivity contribution in [2.45, 2.75) is 34.1 Å². The molecule has 3 aromatic rings. The van der Waals surface area contributed by atoms with E-state index in [0.717, 1.165) is 0 Å². The maximum atomic E-state index is 13.2. The highest BCUT2D eigenvalue weighted by molar-refractivity contribution is 6.15. The Balaban J connectivity index is 2.02. The number of ketones is 2. The normalized spacial score (nSPS) is 10.5. The number of hydrogen-bond acceptors (Lipinski definition) is 6. The first-order valence-corrected chi connectivity index (χ1v) is 10.5. The molecule has 1 aromatic heterocycles. The maximum absolute atomic E-state index is 13.2. The molecule has 33 heavy (non-hydrogen) atoms. The van der Waals surface area contributed by atoms with Crippen molar-refractivity contribution in [2.24, 2.45) is 0 Å². The predicted octanol–water partition coefficient (Wildman–Crippen LogP) is 4.61. The van der Waals surface area contributed by atoms with E-state index in [4.69, 9.17) is 4.74 Å². The molecular formula is C25H25N3O5. The fourth-order valence-electron chi connectivity index (χ4n) is 3.43. The van der Waals surface area contributed by atoms with E-state index in [0.29, 0.717) is 28.8 Å². The van der Waals surface area contributed by atoms with E-state index in [-0.39, 0.29) is 40.6 Å². The van der Waals surface area contributed by atoms with Crippen LogP contribution in [-0.2, 0) is 4.74 Å². The van der Waals surface area contributed by atoms with Gasteiger partial charge in [-0.1, -0.05) is 13.0 Å². The first-order chi connectivity index (χ1) is 15.7. The molecule has 0 atom stereocenters. The fraction of sp³-hybridized carbons (Fsp3) is 0.240. The Morgan fingerprint density at radius 1 is 0.970 bits per heavy atom. The Labute approximate surface area is 191 Å². The van der Waals surface area contributed by atoms with Crippen LogP contribution >= 0.6 is 0 Å². The molecule has 1 heterocycles. The van der Waals surface area contributed by atoms with Gasteiger partial charge in [0.2, 0.25) is 0 Å². The molecule has 2 N–H and O–H groups in total. The fourth-order valence-corrected chi connectivity index (χ4v) is 3.43. The minimum atomic E-state index is -0.580. The maximum Gasteiger partial charge on any atom is 0.340 e. The highest BCUT2D eigenvalue weighted by Crippen LogP contribution is 2.26. The van der Waals surface area contributed by atoms with Gasteiger partial charge in [0, 0.05) is 16.7 Å². The molecule has 0 saturated carbocycles. The second-order valence-electron chi connectivity index (χ2n) is 7.64. The van der Waals surface area contributed by atoms with Crippen LogP contribution in [0.1, 0.15) is 74.2 Å². The van der Waals surface area contributed by atoms with Crippen LogP contribution in [0.25, 0.3) is 11.3 Å². The molecule has 0 radical (unpaired) electrons. The van der Waals surface area contributed by atoms with Crippen LogP contribution in [0.3, 0.4) is 0 Å². The minimum Gasteiger partial charge on any atom is -0.462 e. The number of carbonyl (C=O) groups excluding carboxylic acids is 4. The zero-order valence-corrected chi connectivity index (χ0v) is 18.9. The number of Topliss-reactive ketones (excluding diaryl/α,β-unsaturated/α-hetero) is 2. The Morgan fingerprint density at radius 2 is 1.70 bits per heavy atom. The number of nitrogens with zero attached hydrogens (tertiary/aromatic N) is 1. The first kappa shape index (κ1) is 23.6. The van der Waals surface area contributed by atoms with Crippen molar-refractivity contribution in [1.29, 1.82) is 0 Å². The van der Waals surface area contributed by atoms with Gasteiger partial charge in [-0.2, -0.15) is 0 Å². The molecule has 0 aliphatic heterocycles. The van der Waals surface area contributed by atoms with E-state index >= 15 is 0 Å². The number of esters is 1. The number of H-pyrrole nitrogens is 1. The summed E-state index contributed by atoms with van der Waals surface area (Å²) >= 11 is 0. The number of aromatic amines is 1. The van der Waals surface area contributed by atoms with Gasteiger partial charge in [-0.15, -0.1) is 0 Å². The highest BCUT2D eigenvalue weighted by Gasteiger charge is 2.22. The Hall–Kier alpha value is -4.07. The summed E-state index contributed by atoms with van der Waals surface area (Å²) in [5.74, 6) is -1.70. The second-order valence-corrected chi connectivity index (χ2v) is 7.64. The Morgan fingerprint density at radius 3 is 2.30 bits per heavy atom. The number of nitrogens with one attached hydrogen (secondary N) is 2. The predicted molar refractivity (Wildman–Crippen MR) is 124 cm³/mol. The number of carbonyl (C=O) groups is 4. The average Bonchev–Trinajstić information content (AvgIpc) is 3.32. The molecule has 1 amide bonds. The lowest BCUT2D eigenvalue weighted by Gasteiger charge is -2.15. The molecule has 0 aliphatic carbocycles. The molecule has 0 saturated heterocycles. The lowest BCUT2D eigenvalue weighted by atomic mass is 9.94. The molecule has 8 nitrogen and oxygen atoms in total. The molecule has 2 aromatic carbocycles. The quantitative estimate of drug-likeness (QED) is 0.385. The van der Waals surface area contributed by atoms with Crippen molar-refractivity contribution in [1.82, 2.24) is 9.97 Å². The average molecular weight is 447 g/mol. The van der Waals surface area contributed by atoms with Gasteiger partial charge in [-0.3, -0.25) is 14.4 Å². The van der Waals surface area contributed by atoms with Crippen LogP contribution in [0.4, 0.5) is 5.69 Å². The number of ether oxygens (including phenoxy) is 1. The number of aryl methyl sites for hydroxylation is 1. The Bertz CT molecular complexity index is 1230. The van der Waals surface area contributed by atoms with Crippen molar-refractivity contribution >= 4 is 29.1 Å². The van der Waals surface area contributed by atoms with Crippen molar-refractivity contribution in [2.75, 3.05) is 11.9 Å². The zero-order valence-electron chi connectivity index (χ0n) is 18.9. The summed E-state index contributed by atoms with van der Waals surface area (Å²) < 4.78 is 5.29. The summed E-state index contributed by atoms with van der Waals surface area (Å²) in [6.45, 7) is 6.55. The van der Waals surface area contributed by atoms with Gasteiger partial charge < -0.3 is 15.0 Å². The van der Waals surface area contributed by atoms with Crippen LogP contribution in [0.2, 0.25) is 0 Å². The molecule has 0 unspecified atom stereocenters. The number of amides is 1. The van der Waals surface area contributed by atoms with E-state index in [9.17, 15) is 19.2 Å². The number of aromatic nitrogens is 2. The first-order valence-electron chi connectivity index (χ1n) is 10.5. The number of hydrogen-bond donors (Lipinski definition) is 2. The third-order valence-electron chi connectivity index (χ3n) is 5.10. The summed E-state index contributed by atoms with van der Waals surface area (Å²) in [5, 5.41) is 2.73. The molecule has 8 heteroatoms. The van der Waals surface area contributed by atoms with Gasteiger partial charge in [0.05, 0.1) is 41.6 Å². The molecule has 170 valence electrons. The largest absolute Gasteiger partial charge is 0.462 e. The van der Waals surface area contributed by atoms with E-state index in [1.54, 1.807) is 31.3 Å². The van der Waals surface area contributed by atoms with E-state index < -0.39 is 11.9 Å². The van der Waals surface area contributed by atoms with Crippen molar-refractivity contribution in [3.63, 3.8) is 0 Å². The van der Waals surface area contributed by atoms with E-state index in [1.165, 1.54) is 32.3 Å².